The van der Waals surface area contributed by atoms with E-state index < -0.39 is 26.6 Å². The number of rotatable bonds is 4. The van der Waals surface area contributed by atoms with Crippen LogP contribution in [0.3, 0.4) is 0 Å². The maximum absolute atomic E-state index is 13.8. The SMILES string of the molecule is CNC(C)C1CCCN(S(=O)(=O)c2ccc(F)cc2F)C1. The Morgan fingerprint density at radius 2 is 2.10 bits per heavy atom. The van der Waals surface area contributed by atoms with E-state index in [-0.39, 0.29) is 12.0 Å². The highest BCUT2D eigenvalue weighted by molar-refractivity contribution is 7.89. The minimum atomic E-state index is -3.92. The highest BCUT2D eigenvalue weighted by atomic mass is 32.2. The van der Waals surface area contributed by atoms with Crippen molar-refractivity contribution in [3.8, 4) is 0 Å². The maximum atomic E-state index is 13.8. The molecule has 1 aromatic carbocycles. The van der Waals surface area contributed by atoms with Crippen LogP contribution in [0.5, 0.6) is 0 Å². The van der Waals surface area contributed by atoms with Crippen LogP contribution >= 0.6 is 0 Å². The summed E-state index contributed by atoms with van der Waals surface area (Å²) in [5, 5.41) is 3.12. The van der Waals surface area contributed by atoms with E-state index in [1.165, 1.54) is 4.31 Å². The normalized spacial score (nSPS) is 22.2. The number of nitrogens with zero attached hydrogens (tertiary/aromatic N) is 1. The summed E-state index contributed by atoms with van der Waals surface area (Å²) in [7, 11) is -2.09. The monoisotopic (exact) mass is 318 g/mol. The van der Waals surface area contributed by atoms with Gasteiger partial charge >= 0.3 is 0 Å². The van der Waals surface area contributed by atoms with Crippen LogP contribution in [0.1, 0.15) is 19.8 Å². The van der Waals surface area contributed by atoms with E-state index in [0.717, 1.165) is 25.0 Å². The third-order valence-electron chi connectivity index (χ3n) is 4.09. The number of nitrogens with one attached hydrogen (secondary N) is 1. The Morgan fingerprint density at radius 1 is 1.38 bits per heavy atom. The molecule has 1 aliphatic heterocycles. The van der Waals surface area contributed by atoms with Crippen LogP contribution in [0.2, 0.25) is 0 Å². The van der Waals surface area contributed by atoms with Crippen molar-refractivity contribution in [1.82, 2.24) is 9.62 Å². The summed E-state index contributed by atoms with van der Waals surface area (Å²) < 4.78 is 53.0. The fourth-order valence-electron chi connectivity index (χ4n) is 2.66. The van der Waals surface area contributed by atoms with Crippen LogP contribution < -0.4 is 5.32 Å². The number of halogens is 2. The molecular formula is C14H20F2N2O2S. The second-order valence-corrected chi connectivity index (χ2v) is 7.32. The summed E-state index contributed by atoms with van der Waals surface area (Å²) in [6.07, 6.45) is 1.67. The molecule has 0 aliphatic carbocycles. The van der Waals surface area contributed by atoms with Gasteiger partial charge in [0.1, 0.15) is 16.5 Å². The number of hydrogen-bond acceptors (Lipinski definition) is 3. The molecule has 1 N–H and O–H groups in total. The highest BCUT2D eigenvalue weighted by Crippen LogP contribution is 2.27. The zero-order valence-corrected chi connectivity index (χ0v) is 13.0. The Kier molecular flexibility index (Phi) is 4.95. The number of benzene rings is 1. The molecule has 0 amide bonds. The van der Waals surface area contributed by atoms with Gasteiger partial charge in [0.25, 0.3) is 0 Å². The van der Waals surface area contributed by atoms with Crippen molar-refractivity contribution in [2.75, 3.05) is 20.1 Å². The quantitative estimate of drug-likeness (QED) is 0.923. The van der Waals surface area contributed by atoms with Gasteiger partial charge in [0.05, 0.1) is 0 Å². The number of piperidine rings is 1. The van der Waals surface area contributed by atoms with Gasteiger partial charge in [-0.15, -0.1) is 0 Å². The highest BCUT2D eigenvalue weighted by Gasteiger charge is 2.33. The summed E-state index contributed by atoms with van der Waals surface area (Å²) in [4.78, 5) is -0.457. The van der Waals surface area contributed by atoms with Gasteiger partial charge < -0.3 is 5.32 Å². The van der Waals surface area contributed by atoms with Gasteiger partial charge in [0, 0.05) is 25.2 Å². The summed E-state index contributed by atoms with van der Waals surface area (Å²) in [5.41, 5.74) is 0. The first-order valence-electron chi connectivity index (χ1n) is 6.98. The van der Waals surface area contributed by atoms with Crippen molar-refractivity contribution >= 4 is 10.0 Å². The topological polar surface area (TPSA) is 49.4 Å². The van der Waals surface area contributed by atoms with Crippen molar-refractivity contribution in [2.45, 2.75) is 30.7 Å². The first-order valence-corrected chi connectivity index (χ1v) is 8.42. The Labute approximate surface area is 124 Å². The first-order chi connectivity index (χ1) is 9.86. The molecule has 1 heterocycles. The predicted molar refractivity (Wildman–Crippen MR) is 76.4 cm³/mol. The fraction of sp³-hybridized carbons (Fsp3) is 0.571. The molecule has 1 saturated heterocycles. The van der Waals surface area contributed by atoms with Gasteiger partial charge in [0.2, 0.25) is 10.0 Å². The lowest BCUT2D eigenvalue weighted by molar-refractivity contribution is 0.228. The molecule has 2 rings (SSSR count). The van der Waals surface area contributed by atoms with Crippen LogP contribution in [0.4, 0.5) is 8.78 Å². The molecule has 0 spiro atoms. The third-order valence-corrected chi connectivity index (χ3v) is 5.99. The standard InChI is InChI=1S/C14H20F2N2O2S/c1-10(17-2)11-4-3-7-18(9-11)21(19,20)14-6-5-12(15)8-13(14)16/h5-6,8,10-11,17H,3-4,7,9H2,1-2H3. The van der Waals surface area contributed by atoms with Gasteiger partial charge in [-0.25, -0.2) is 17.2 Å². The fourth-order valence-corrected chi connectivity index (χ4v) is 4.24. The average Bonchev–Trinajstić information content (AvgIpc) is 2.46. The molecule has 0 aromatic heterocycles. The summed E-state index contributed by atoms with van der Waals surface area (Å²) in [5.74, 6) is -1.65. The van der Waals surface area contributed by atoms with Crippen molar-refractivity contribution in [2.24, 2.45) is 5.92 Å². The van der Waals surface area contributed by atoms with Crippen molar-refractivity contribution < 1.29 is 17.2 Å². The van der Waals surface area contributed by atoms with Crippen molar-refractivity contribution in [3.63, 3.8) is 0 Å². The predicted octanol–water partition coefficient (Wildman–Crippen LogP) is 1.97. The van der Waals surface area contributed by atoms with Gasteiger partial charge in [-0.2, -0.15) is 4.31 Å². The summed E-state index contributed by atoms with van der Waals surface area (Å²) in [6, 6.07) is 2.74. The van der Waals surface area contributed by atoms with E-state index in [1.807, 2.05) is 14.0 Å². The second kappa shape index (κ2) is 6.37. The zero-order chi connectivity index (χ0) is 15.6. The lowest BCUT2D eigenvalue weighted by atomic mass is 9.93. The molecule has 1 aliphatic rings. The molecule has 1 fully saturated rings. The summed E-state index contributed by atoms with van der Waals surface area (Å²) in [6.45, 7) is 2.71. The van der Waals surface area contributed by atoms with E-state index in [1.54, 1.807) is 0 Å². The van der Waals surface area contributed by atoms with Crippen molar-refractivity contribution in [3.05, 3.63) is 29.8 Å². The summed E-state index contributed by atoms with van der Waals surface area (Å²) >= 11 is 0. The van der Waals surface area contributed by atoms with E-state index >= 15 is 0 Å². The Bertz CT molecular complexity index is 607. The molecule has 0 saturated carbocycles. The van der Waals surface area contributed by atoms with Gasteiger partial charge in [-0.05, 0) is 44.9 Å². The van der Waals surface area contributed by atoms with E-state index in [0.29, 0.717) is 19.2 Å². The molecule has 0 radical (unpaired) electrons. The number of hydrogen-bond donors (Lipinski definition) is 1. The third kappa shape index (κ3) is 3.41. The lowest BCUT2D eigenvalue weighted by Gasteiger charge is -2.34. The molecule has 7 heteroatoms. The largest absolute Gasteiger partial charge is 0.317 e. The van der Waals surface area contributed by atoms with Crippen molar-refractivity contribution in [1.29, 1.82) is 0 Å². The van der Waals surface area contributed by atoms with Crippen LogP contribution in [0.25, 0.3) is 0 Å². The molecule has 21 heavy (non-hydrogen) atoms. The molecule has 0 bridgehead atoms. The minimum Gasteiger partial charge on any atom is -0.317 e. The van der Waals surface area contributed by atoms with E-state index in [9.17, 15) is 17.2 Å². The first kappa shape index (κ1) is 16.3. The second-order valence-electron chi connectivity index (χ2n) is 5.42. The lowest BCUT2D eigenvalue weighted by Crippen LogP contribution is -2.45. The zero-order valence-electron chi connectivity index (χ0n) is 12.1. The van der Waals surface area contributed by atoms with E-state index in [4.69, 9.17) is 0 Å². The maximum Gasteiger partial charge on any atom is 0.245 e. The van der Waals surface area contributed by atoms with Crippen LogP contribution in [-0.4, -0.2) is 38.9 Å². The van der Waals surface area contributed by atoms with Crippen LogP contribution in [0.15, 0.2) is 23.1 Å². The Hall–Kier alpha value is -1.05. The van der Waals surface area contributed by atoms with Gasteiger partial charge in [0.15, 0.2) is 0 Å². The Morgan fingerprint density at radius 3 is 2.71 bits per heavy atom. The minimum absolute atomic E-state index is 0.182. The number of sulfonamides is 1. The molecule has 1 aromatic rings. The Balaban J connectivity index is 2.26. The van der Waals surface area contributed by atoms with Crippen LogP contribution in [-0.2, 0) is 10.0 Å². The molecule has 118 valence electrons. The molecule has 2 unspecified atom stereocenters. The molecular weight excluding hydrogens is 298 g/mol. The van der Waals surface area contributed by atoms with E-state index in [2.05, 4.69) is 5.32 Å². The average molecular weight is 318 g/mol. The van der Waals surface area contributed by atoms with Gasteiger partial charge in [-0.3, -0.25) is 0 Å². The van der Waals surface area contributed by atoms with Crippen LogP contribution in [0, 0.1) is 17.6 Å². The molecule has 4 nitrogen and oxygen atoms in total. The smallest absolute Gasteiger partial charge is 0.245 e. The van der Waals surface area contributed by atoms with Gasteiger partial charge in [-0.1, -0.05) is 0 Å². The molecule has 2 atom stereocenters.